The molecule has 1 aliphatic rings. The van der Waals surface area contributed by atoms with Crippen LogP contribution in [-0.4, -0.2) is 32.9 Å². The van der Waals surface area contributed by atoms with Crippen molar-refractivity contribution in [2.75, 3.05) is 6.54 Å². The first-order valence-corrected chi connectivity index (χ1v) is 9.29. The number of aryl methyl sites for hydroxylation is 2. The number of fused-ring (bicyclic) bond motifs is 1. The maximum atomic E-state index is 13.0. The minimum absolute atomic E-state index is 0.192. The summed E-state index contributed by atoms with van der Waals surface area (Å²) < 4.78 is 1.63. The highest BCUT2D eigenvalue weighted by molar-refractivity contribution is 6.07. The zero-order valence-electron chi connectivity index (χ0n) is 15.9. The van der Waals surface area contributed by atoms with E-state index >= 15 is 0 Å². The number of H-pyrrole nitrogens is 1. The van der Waals surface area contributed by atoms with E-state index in [2.05, 4.69) is 10.3 Å². The van der Waals surface area contributed by atoms with E-state index < -0.39 is 11.6 Å². The lowest BCUT2D eigenvalue weighted by Crippen LogP contribution is -2.41. The van der Waals surface area contributed by atoms with E-state index in [1.807, 2.05) is 55.5 Å². The SMILES string of the molecule is Cc1ccc([C@]2(C)NC(=O)N(CCCn3c(=O)[nH]c4ccccc43)C2=O)cc1. The zero-order chi connectivity index (χ0) is 19.9. The van der Waals surface area contributed by atoms with Crippen LogP contribution in [-0.2, 0) is 16.9 Å². The number of benzene rings is 2. The summed E-state index contributed by atoms with van der Waals surface area (Å²) in [5.74, 6) is -0.271. The van der Waals surface area contributed by atoms with Crippen LogP contribution < -0.4 is 11.0 Å². The third-order valence-electron chi connectivity index (χ3n) is 5.35. The Morgan fingerprint density at radius 3 is 2.43 bits per heavy atom. The molecule has 28 heavy (non-hydrogen) atoms. The third-order valence-corrected chi connectivity index (χ3v) is 5.35. The molecule has 2 N–H and O–H groups in total. The number of para-hydroxylation sites is 2. The molecule has 1 saturated heterocycles. The number of nitrogens with one attached hydrogen (secondary N) is 2. The first kappa shape index (κ1) is 18.0. The monoisotopic (exact) mass is 378 g/mol. The molecule has 0 spiro atoms. The van der Waals surface area contributed by atoms with Gasteiger partial charge < -0.3 is 10.3 Å². The number of urea groups is 1. The summed E-state index contributed by atoms with van der Waals surface area (Å²) >= 11 is 0. The number of carbonyl (C=O) groups is 2. The van der Waals surface area contributed by atoms with Crippen LogP contribution in [0.3, 0.4) is 0 Å². The van der Waals surface area contributed by atoms with Crippen LogP contribution in [0.15, 0.2) is 53.3 Å². The normalized spacial score (nSPS) is 19.4. The smallest absolute Gasteiger partial charge is 0.319 e. The fourth-order valence-corrected chi connectivity index (χ4v) is 3.70. The van der Waals surface area contributed by atoms with Crippen molar-refractivity contribution in [2.24, 2.45) is 0 Å². The number of carbonyl (C=O) groups excluding carboxylic acids is 2. The average molecular weight is 378 g/mol. The van der Waals surface area contributed by atoms with Gasteiger partial charge in [0.25, 0.3) is 5.91 Å². The van der Waals surface area contributed by atoms with Crippen molar-refractivity contribution in [1.82, 2.24) is 19.8 Å². The van der Waals surface area contributed by atoms with Crippen molar-refractivity contribution in [3.8, 4) is 0 Å². The van der Waals surface area contributed by atoms with Gasteiger partial charge >= 0.3 is 11.7 Å². The molecular formula is C21H22N4O3. The molecule has 7 nitrogen and oxygen atoms in total. The van der Waals surface area contributed by atoms with Gasteiger partial charge in [-0.2, -0.15) is 0 Å². The summed E-state index contributed by atoms with van der Waals surface area (Å²) in [5, 5.41) is 2.81. The van der Waals surface area contributed by atoms with Gasteiger partial charge in [0.15, 0.2) is 0 Å². The summed E-state index contributed by atoms with van der Waals surface area (Å²) in [4.78, 5) is 41.6. The van der Waals surface area contributed by atoms with E-state index in [1.165, 1.54) is 4.90 Å². The van der Waals surface area contributed by atoms with Gasteiger partial charge in [-0.1, -0.05) is 42.0 Å². The Morgan fingerprint density at radius 1 is 0.964 bits per heavy atom. The molecule has 1 atom stereocenters. The molecular weight excluding hydrogens is 356 g/mol. The third kappa shape index (κ3) is 2.89. The molecule has 1 aromatic heterocycles. The topological polar surface area (TPSA) is 87.2 Å². The lowest BCUT2D eigenvalue weighted by atomic mass is 9.91. The Balaban J connectivity index is 1.49. The van der Waals surface area contributed by atoms with Gasteiger partial charge in [0.2, 0.25) is 0 Å². The predicted octanol–water partition coefficient (Wildman–Crippen LogP) is 2.50. The number of imidazole rings is 1. The molecule has 0 radical (unpaired) electrons. The lowest BCUT2D eigenvalue weighted by molar-refractivity contribution is -0.131. The molecule has 2 aromatic carbocycles. The molecule has 2 heterocycles. The zero-order valence-corrected chi connectivity index (χ0v) is 15.9. The number of imide groups is 1. The maximum absolute atomic E-state index is 13.0. The van der Waals surface area contributed by atoms with Gasteiger partial charge in [-0.15, -0.1) is 0 Å². The average Bonchev–Trinajstić information content (AvgIpc) is 3.10. The Hall–Kier alpha value is -3.35. The fraction of sp³-hybridized carbons (Fsp3) is 0.286. The predicted molar refractivity (Wildman–Crippen MR) is 106 cm³/mol. The highest BCUT2D eigenvalue weighted by Gasteiger charge is 2.48. The molecule has 3 aromatic rings. The van der Waals surface area contributed by atoms with Crippen LogP contribution in [0, 0.1) is 6.92 Å². The first-order chi connectivity index (χ1) is 13.4. The number of nitrogens with zero attached hydrogens (tertiary/aromatic N) is 2. The second-order valence-electron chi connectivity index (χ2n) is 7.33. The van der Waals surface area contributed by atoms with E-state index in [9.17, 15) is 14.4 Å². The van der Waals surface area contributed by atoms with Gasteiger partial charge in [-0.25, -0.2) is 9.59 Å². The standard InChI is InChI=1S/C21H22N4O3/c1-14-8-10-15(11-9-14)21(2)18(26)25(20(28)23-21)13-5-12-24-17-7-4-3-6-16(17)22-19(24)27/h3-4,6-11H,5,12-13H2,1-2H3,(H,22,27)(H,23,28)/t21-/m0/s1. The molecule has 0 bridgehead atoms. The summed E-state index contributed by atoms with van der Waals surface area (Å²) in [7, 11) is 0. The van der Waals surface area contributed by atoms with Crippen molar-refractivity contribution in [3.63, 3.8) is 0 Å². The second-order valence-corrected chi connectivity index (χ2v) is 7.33. The van der Waals surface area contributed by atoms with Crippen molar-refractivity contribution in [2.45, 2.75) is 32.4 Å². The number of rotatable bonds is 5. The minimum atomic E-state index is -1.07. The Kier molecular flexibility index (Phi) is 4.30. The van der Waals surface area contributed by atoms with Gasteiger partial charge in [0.1, 0.15) is 5.54 Å². The number of amides is 3. The van der Waals surface area contributed by atoms with Crippen LogP contribution in [0.2, 0.25) is 0 Å². The van der Waals surface area contributed by atoms with Crippen molar-refractivity contribution in [3.05, 3.63) is 70.1 Å². The van der Waals surface area contributed by atoms with E-state index in [1.54, 1.807) is 11.5 Å². The van der Waals surface area contributed by atoms with Gasteiger partial charge in [0.05, 0.1) is 11.0 Å². The van der Waals surface area contributed by atoms with Crippen LogP contribution in [0.25, 0.3) is 11.0 Å². The fourth-order valence-electron chi connectivity index (χ4n) is 3.70. The summed E-state index contributed by atoms with van der Waals surface area (Å²) in [6.07, 6.45) is 0.491. The van der Waals surface area contributed by atoms with Crippen LogP contribution in [0.1, 0.15) is 24.5 Å². The Labute approximate surface area is 162 Å². The highest BCUT2D eigenvalue weighted by atomic mass is 16.2. The largest absolute Gasteiger partial charge is 0.326 e. The van der Waals surface area contributed by atoms with E-state index in [4.69, 9.17) is 0 Å². The highest BCUT2D eigenvalue weighted by Crippen LogP contribution is 2.29. The number of aromatic amines is 1. The lowest BCUT2D eigenvalue weighted by Gasteiger charge is -2.22. The number of hydrogen-bond acceptors (Lipinski definition) is 3. The Morgan fingerprint density at radius 2 is 1.68 bits per heavy atom. The summed E-state index contributed by atoms with van der Waals surface area (Å²) in [5.41, 5.74) is 2.17. The molecule has 3 amide bonds. The quantitative estimate of drug-likeness (QED) is 0.669. The minimum Gasteiger partial charge on any atom is -0.319 e. The van der Waals surface area contributed by atoms with Crippen molar-refractivity contribution in [1.29, 1.82) is 0 Å². The van der Waals surface area contributed by atoms with E-state index in [-0.39, 0.29) is 18.1 Å². The maximum Gasteiger partial charge on any atom is 0.326 e. The molecule has 1 fully saturated rings. The molecule has 0 saturated carbocycles. The molecule has 1 aliphatic heterocycles. The second kappa shape index (κ2) is 6.67. The van der Waals surface area contributed by atoms with E-state index in [0.29, 0.717) is 13.0 Å². The van der Waals surface area contributed by atoms with Gasteiger partial charge in [-0.05, 0) is 38.0 Å². The molecule has 7 heteroatoms. The molecule has 144 valence electrons. The summed E-state index contributed by atoms with van der Waals surface area (Å²) in [6, 6.07) is 14.6. The van der Waals surface area contributed by atoms with Gasteiger partial charge in [0, 0.05) is 13.1 Å². The van der Waals surface area contributed by atoms with E-state index in [0.717, 1.165) is 22.2 Å². The van der Waals surface area contributed by atoms with Gasteiger partial charge in [-0.3, -0.25) is 14.3 Å². The van der Waals surface area contributed by atoms with Crippen LogP contribution in [0.5, 0.6) is 0 Å². The molecule has 4 rings (SSSR count). The number of hydrogen-bond donors (Lipinski definition) is 2. The molecule has 0 unspecified atom stereocenters. The molecule has 0 aliphatic carbocycles. The first-order valence-electron chi connectivity index (χ1n) is 9.29. The van der Waals surface area contributed by atoms with Crippen LogP contribution >= 0.6 is 0 Å². The number of aromatic nitrogens is 2. The Bertz CT molecular complexity index is 1110. The van der Waals surface area contributed by atoms with Crippen molar-refractivity contribution < 1.29 is 9.59 Å². The summed E-state index contributed by atoms with van der Waals surface area (Å²) in [6.45, 7) is 4.36. The van der Waals surface area contributed by atoms with Crippen LogP contribution in [0.4, 0.5) is 4.79 Å². The van der Waals surface area contributed by atoms with Crippen molar-refractivity contribution >= 4 is 23.0 Å².